The summed E-state index contributed by atoms with van der Waals surface area (Å²) in [6.07, 6.45) is 0. The summed E-state index contributed by atoms with van der Waals surface area (Å²) in [6.45, 7) is 6.46. The Kier molecular flexibility index (Phi) is 3.86. The average molecular weight is 225 g/mol. The topological polar surface area (TPSA) is 24.7 Å². The Balaban J connectivity index is 3.05. The molecule has 1 unspecified atom stereocenters. The van der Waals surface area contributed by atoms with Gasteiger partial charge in [-0.15, -0.1) is 0 Å². The van der Waals surface area contributed by atoms with Gasteiger partial charge in [0.05, 0.1) is 0 Å². The molecule has 0 amide bonds. The minimum absolute atomic E-state index is 0.0628. The zero-order valence-electron chi connectivity index (χ0n) is 9.66. The van der Waals surface area contributed by atoms with Gasteiger partial charge in [0.1, 0.15) is 6.04 Å². The molecule has 0 aliphatic rings. The van der Waals surface area contributed by atoms with Gasteiger partial charge in [0.2, 0.25) is 0 Å². The van der Waals surface area contributed by atoms with Crippen LogP contribution in [0.3, 0.4) is 0 Å². The van der Waals surface area contributed by atoms with Gasteiger partial charge in [-0.1, -0.05) is 44.5 Å². The molecule has 0 aromatic heterocycles. The number of halogens is 1. The molecule has 0 aliphatic carbocycles. The molecular weight excluding hydrogens is 208 g/mol. The van der Waals surface area contributed by atoms with E-state index in [9.17, 15) is 0 Å². The minimum Gasteiger partial charge on any atom is -0.197 e. The van der Waals surface area contributed by atoms with E-state index in [0.29, 0.717) is 0 Å². The number of hydrogen-bond acceptors (Lipinski definition) is 2. The Labute approximate surface area is 96.4 Å². The molecule has 0 aliphatic heterocycles. The molecule has 0 saturated heterocycles. The lowest BCUT2D eigenvalue weighted by molar-refractivity contribution is 0.319. The molecule has 0 heterocycles. The molecule has 15 heavy (non-hydrogen) atoms. The van der Waals surface area contributed by atoms with Gasteiger partial charge in [-0.25, -0.2) is 0 Å². The third-order valence-corrected chi connectivity index (χ3v) is 2.49. The average Bonchev–Trinajstić information content (AvgIpc) is 2.14. The standard InChI is InChI=1S/C12H17ClN2/c1-12(2,3)11(15-14-4)9-5-7-10(13)8-6-9/h5-8,11H,1-4H3. The van der Waals surface area contributed by atoms with Crippen molar-refractivity contribution in [3.8, 4) is 0 Å². The van der Waals surface area contributed by atoms with Crippen molar-refractivity contribution in [1.82, 2.24) is 0 Å². The molecule has 0 saturated carbocycles. The largest absolute Gasteiger partial charge is 0.197 e. The maximum atomic E-state index is 5.85. The van der Waals surface area contributed by atoms with Gasteiger partial charge in [0.25, 0.3) is 0 Å². The highest BCUT2D eigenvalue weighted by Crippen LogP contribution is 2.36. The molecular formula is C12H17ClN2. The Hall–Kier alpha value is -0.890. The summed E-state index contributed by atoms with van der Waals surface area (Å²) in [5, 5.41) is 8.92. The Morgan fingerprint density at radius 3 is 2.07 bits per heavy atom. The van der Waals surface area contributed by atoms with E-state index in [2.05, 4.69) is 31.0 Å². The highest BCUT2D eigenvalue weighted by molar-refractivity contribution is 6.30. The fourth-order valence-electron chi connectivity index (χ4n) is 1.50. The molecule has 1 atom stereocenters. The number of rotatable bonds is 2. The van der Waals surface area contributed by atoms with E-state index >= 15 is 0 Å². The molecule has 1 rings (SSSR count). The fourth-order valence-corrected chi connectivity index (χ4v) is 1.63. The number of azo groups is 1. The van der Waals surface area contributed by atoms with Crippen molar-refractivity contribution in [2.24, 2.45) is 15.6 Å². The lowest BCUT2D eigenvalue weighted by atomic mass is 9.83. The molecule has 2 nitrogen and oxygen atoms in total. The van der Waals surface area contributed by atoms with Crippen LogP contribution in [0.1, 0.15) is 32.4 Å². The predicted octanol–water partition coefficient (Wildman–Crippen LogP) is 4.51. The van der Waals surface area contributed by atoms with E-state index in [1.807, 2.05) is 24.3 Å². The van der Waals surface area contributed by atoms with Crippen LogP contribution in [0, 0.1) is 5.41 Å². The third-order valence-electron chi connectivity index (χ3n) is 2.24. The summed E-state index contributed by atoms with van der Waals surface area (Å²) >= 11 is 5.85. The van der Waals surface area contributed by atoms with Gasteiger partial charge < -0.3 is 0 Å². The van der Waals surface area contributed by atoms with Crippen molar-refractivity contribution in [3.05, 3.63) is 34.9 Å². The highest BCUT2D eigenvalue weighted by Gasteiger charge is 2.25. The zero-order chi connectivity index (χ0) is 11.5. The van der Waals surface area contributed by atoms with Crippen molar-refractivity contribution in [2.75, 3.05) is 7.05 Å². The van der Waals surface area contributed by atoms with Gasteiger partial charge in [0, 0.05) is 12.1 Å². The quantitative estimate of drug-likeness (QED) is 0.661. The highest BCUT2D eigenvalue weighted by atomic mass is 35.5. The van der Waals surface area contributed by atoms with Crippen molar-refractivity contribution >= 4 is 11.6 Å². The van der Waals surface area contributed by atoms with Crippen LogP contribution in [0.5, 0.6) is 0 Å². The van der Waals surface area contributed by atoms with Crippen molar-refractivity contribution in [3.63, 3.8) is 0 Å². The van der Waals surface area contributed by atoms with E-state index in [4.69, 9.17) is 11.6 Å². The molecule has 0 bridgehead atoms. The van der Waals surface area contributed by atoms with Crippen LogP contribution in [0.15, 0.2) is 34.5 Å². The molecule has 0 radical (unpaired) electrons. The first kappa shape index (κ1) is 12.2. The van der Waals surface area contributed by atoms with Gasteiger partial charge in [-0.05, 0) is 23.1 Å². The molecule has 1 aromatic carbocycles. The van der Waals surface area contributed by atoms with Gasteiger partial charge >= 0.3 is 0 Å². The first-order valence-corrected chi connectivity index (χ1v) is 5.37. The zero-order valence-corrected chi connectivity index (χ0v) is 10.4. The summed E-state index contributed by atoms with van der Waals surface area (Å²) in [4.78, 5) is 0. The van der Waals surface area contributed by atoms with Crippen LogP contribution in [0.4, 0.5) is 0 Å². The number of nitrogens with zero attached hydrogens (tertiary/aromatic N) is 2. The molecule has 3 heteroatoms. The smallest absolute Gasteiger partial charge is 0.101 e. The normalized spacial score (nSPS) is 14.5. The van der Waals surface area contributed by atoms with Crippen LogP contribution < -0.4 is 0 Å². The lowest BCUT2D eigenvalue weighted by Gasteiger charge is -2.26. The fraction of sp³-hybridized carbons (Fsp3) is 0.500. The first-order valence-electron chi connectivity index (χ1n) is 4.99. The van der Waals surface area contributed by atoms with Crippen LogP contribution in [0.25, 0.3) is 0 Å². The van der Waals surface area contributed by atoms with Crippen LogP contribution >= 0.6 is 11.6 Å². The van der Waals surface area contributed by atoms with E-state index in [1.54, 1.807) is 7.05 Å². The lowest BCUT2D eigenvalue weighted by Crippen LogP contribution is -2.16. The maximum absolute atomic E-state index is 5.85. The van der Waals surface area contributed by atoms with Crippen molar-refractivity contribution in [1.29, 1.82) is 0 Å². The molecule has 0 spiro atoms. The maximum Gasteiger partial charge on any atom is 0.101 e. The van der Waals surface area contributed by atoms with Gasteiger partial charge in [0.15, 0.2) is 0 Å². The van der Waals surface area contributed by atoms with Gasteiger partial charge in [-0.2, -0.15) is 10.2 Å². The molecule has 0 fully saturated rings. The number of hydrogen-bond donors (Lipinski definition) is 0. The van der Waals surface area contributed by atoms with Crippen LogP contribution in [0.2, 0.25) is 5.02 Å². The molecule has 0 N–H and O–H groups in total. The second-order valence-electron chi connectivity index (χ2n) is 4.64. The third kappa shape index (κ3) is 3.31. The summed E-state index contributed by atoms with van der Waals surface area (Å²) in [6, 6.07) is 7.88. The van der Waals surface area contributed by atoms with Crippen molar-refractivity contribution < 1.29 is 0 Å². The summed E-state index contributed by atoms with van der Waals surface area (Å²) in [5.74, 6) is 0. The van der Waals surface area contributed by atoms with E-state index in [-0.39, 0.29) is 11.5 Å². The van der Waals surface area contributed by atoms with Crippen molar-refractivity contribution in [2.45, 2.75) is 26.8 Å². The number of benzene rings is 1. The molecule has 1 aromatic rings. The van der Waals surface area contributed by atoms with Crippen LogP contribution in [-0.2, 0) is 0 Å². The Morgan fingerprint density at radius 1 is 1.13 bits per heavy atom. The Morgan fingerprint density at radius 2 is 1.67 bits per heavy atom. The summed E-state index contributed by atoms with van der Waals surface area (Å²) < 4.78 is 0. The SMILES string of the molecule is CN=NC(c1ccc(Cl)cc1)C(C)(C)C. The van der Waals surface area contributed by atoms with E-state index in [1.165, 1.54) is 0 Å². The second kappa shape index (κ2) is 4.75. The predicted molar refractivity (Wildman–Crippen MR) is 64.4 cm³/mol. The molecule has 82 valence electrons. The Bertz CT molecular complexity index is 336. The first-order chi connectivity index (χ1) is 6.95. The van der Waals surface area contributed by atoms with E-state index < -0.39 is 0 Å². The van der Waals surface area contributed by atoms with Crippen LogP contribution in [-0.4, -0.2) is 7.05 Å². The second-order valence-corrected chi connectivity index (χ2v) is 5.07. The van der Waals surface area contributed by atoms with E-state index in [0.717, 1.165) is 10.6 Å². The van der Waals surface area contributed by atoms with Gasteiger partial charge in [-0.3, -0.25) is 0 Å². The summed E-state index contributed by atoms with van der Waals surface area (Å²) in [7, 11) is 1.70. The summed E-state index contributed by atoms with van der Waals surface area (Å²) in [5.41, 5.74) is 1.21. The minimum atomic E-state index is 0.0628. The monoisotopic (exact) mass is 224 g/mol.